The van der Waals surface area contributed by atoms with E-state index in [0.29, 0.717) is 5.56 Å². The van der Waals surface area contributed by atoms with Crippen LogP contribution in [-0.2, 0) is 0 Å². The van der Waals surface area contributed by atoms with Gasteiger partial charge in [0, 0.05) is 5.56 Å². The van der Waals surface area contributed by atoms with E-state index in [4.69, 9.17) is 11.7 Å². The van der Waals surface area contributed by atoms with Gasteiger partial charge in [0.15, 0.2) is 0 Å². The minimum absolute atomic E-state index is 0.672. The highest BCUT2D eigenvalue weighted by atomic mass is 14.2. The zero-order valence-electron chi connectivity index (χ0n) is 7.49. The van der Waals surface area contributed by atoms with Crippen molar-refractivity contribution in [2.75, 3.05) is 0 Å². The van der Waals surface area contributed by atoms with Gasteiger partial charge in [-0.15, -0.1) is 6.42 Å². The molecule has 1 heteroatoms. The molecule has 2 aromatic rings. The molecule has 0 atom stereocenters. The predicted octanol–water partition coefficient (Wildman–Crippen LogP) is 2.69. The average molecular weight is 177 g/mol. The molecule has 0 bridgehead atoms. The first-order valence-electron chi connectivity index (χ1n) is 4.24. The highest BCUT2D eigenvalue weighted by Gasteiger charge is 1.96. The molecule has 0 saturated carbocycles. The largest absolute Gasteiger partial charge is 0.192 e. The quantitative estimate of drug-likeness (QED) is 0.567. The number of nitriles is 1. The van der Waals surface area contributed by atoms with Crippen LogP contribution in [0.1, 0.15) is 11.1 Å². The third kappa shape index (κ3) is 1.32. The molecule has 0 aliphatic carbocycles. The van der Waals surface area contributed by atoms with Gasteiger partial charge < -0.3 is 0 Å². The SMILES string of the molecule is C#Cc1ccc2cc(C#N)ccc2c1. The molecule has 0 spiro atoms. The van der Waals surface area contributed by atoms with Crippen molar-refractivity contribution in [2.45, 2.75) is 0 Å². The van der Waals surface area contributed by atoms with Gasteiger partial charge in [-0.2, -0.15) is 5.26 Å². The molecule has 64 valence electrons. The Labute approximate surface area is 82.6 Å². The van der Waals surface area contributed by atoms with Gasteiger partial charge in [-0.3, -0.25) is 0 Å². The van der Waals surface area contributed by atoms with E-state index in [0.717, 1.165) is 16.3 Å². The zero-order valence-corrected chi connectivity index (χ0v) is 7.49. The molecule has 0 aliphatic heterocycles. The van der Waals surface area contributed by atoms with Crippen LogP contribution < -0.4 is 0 Å². The molecular weight excluding hydrogens is 170 g/mol. The summed E-state index contributed by atoms with van der Waals surface area (Å²) >= 11 is 0. The lowest BCUT2D eigenvalue weighted by Gasteiger charge is -1.98. The van der Waals surface area contributed by atoms with Gasteiger partial charge in [0.1, 0.15) is 0 Å². The number of nitrogens with zero attached hydrogens (tertiary/aromatic N) is 1. The van der Waals surface area contributed by atoms with Crippen LogP contribution in [0.3, 0.4) is 0 Å². The molecule has 0 N–H and O–H groups in total. The summed E-state index contributed by atoms with van der Waals surface area (Å²) in [5, 5.41) is 10.8. The maximum atomic E-state index is 8.72. The van der Waals surface area contributed by atoms with Crippen LogP contribution in [0.15, 0.2) is 36.4 Å². The number of hydrogen-bond acceptors (Lipinski definition) is 1. The first kappa shape index (κ1) is 8.35. The molecule has 0 radical (unpaired) electrons. The maximum Gasteiger partial charge on any atom is 0.0991 e. The third-order valence-electron chi connectivity index (χ3n) is 2.14. The Morgan fingerprint density at radius 1 is 0.929 bits per heavy atom. The van der Waals surface area contributed by atoms with E-state index in [2.05, 4.69) is 12.0 Å². The Kier molecular flexibility index (Phi) is 1.94. The lowest BCUT2D eigenvalue weighted by atomic mass is 10.1. The summed E-state index contributed by atoms with van der Waals surface area (Å²) in [6, 6.07) is 13.4. The molecule has 1 nitrogen and oxygen atoms in total. The smallest absolute Gasteiger partial charge is 0.0991 e. The zero-order chi connectivity index (χ0) is 9.97. The Balaban J connectivity index is 2.72. The topological polar surface area (TPSA) is 23.8 Å². The summed E-state index contributed by atoms with van der Waals surface area (Å²) < 4.78 is 0. The van der Waals surface area contributed by atoms with Gasteiger partial charge in [0.25, 0.3) is 0 Å². The van der Waals surface area contributed by atoms with Crippen molar-refractivity contribution in [1.29, 1.82) is 5.26 Å². The number of fused-ring (bicyclic) bond motifs is 1. The predicted molar refractivity (Wildman–Crippen MR) is 56.6 cm³/mol. The fourth-order valence-corrected chi connectivity index (χ4v) is 1.41. The van der Waals surface area contributed by atoms with E-state index in [-0.39, 0.29) is 0 Å². The molecule has 2 aromatic carbocycles. The highest BCUT2D eigenvalue weighted by molar-refractivity contribution is 5.85. The molecule has 0 aliphatic rings. The van der Waals surface area contributed by atoms with Crippen molar-refractivity contribution in [1.82, 2.24) is 0 Å². The van der Waals surface area contributed by atoms with Crippen molar-refractivity contribution in [3.05, 3.63) is 47.5 Å². The standard InChI is InChI=1S/C13H7N/c1-2-10-3-5-13-8-11(9-14)4-6-12(13)7-10/h1,3-8H. The van der Waals surface area contributed by atoms with Crippen LogP contribution in [0.4, 0.5) is 0 Å². The second kappa shape index (κ2) is 3.24. The van der Waals surface area contributed by atoms with E-state index >= 15 is 0 Å². The van der Waals surface area contributed by atoms with Crippen molar-refractivity contribution in [3.8, 4) is 18.4 Å². The second-order valence-corrected chi connectivity index (χ2v) is 3.03. The summed E-state index contributed by atoms with van der Waals surface area (Å²) in [6.45, 7) is 0. The molecule has 14 heavy (non-hydrogen) atoms. The Bertz CT molecular complexity index is 515. The Morgan fingerprint density at radius 3 is 2.07 bits per heavy atom. The minimum atomic E-state index is 0.672. The molecule has 0 unspecified atom stereocenters. The summed E-state index contributed by atoms with van der Waals surface area (Å²) in [5.41, 5.74) is 1.54. The number of rotatable bonds is 0. The Morgan fingerprint density at radius 2 is 1.50 bits per heavy atom. The van der Waals surface area contributed by atoms with Crippen molar-refractivity contribution in [2.24, 2.45) is 0 Å². The minimum Gasteiger partial charge on any atom is -0.192 e. The van der Waals surface area contributed by atoms with Crippen molar-refractivity contribution in [3.63, 3.8) is 0 Å². The van der Waals surface area contributed by atoms with Crippen molar-refractivity contribution < 1.29 is 0 Å². The summed E-state index contributed by atoms with van der Waals surface area (Å²) in [7, 11) is 0. The number of hydrogen-bond donors (Lipinski definition) is 0. The normalized spacial score (nSPS) is 9.29. The first-order valence-corrected chi connectivity index (χ1v) is 4.24. The third-order valence-corrected chi connectivity index (χ3v) is 2.14. The molecule has 0 amide bonds. The van der Waals surface area contributed by atoms with E-state index in [9.17, 15) is 0 Å². The first-order chi connectivity index (χ1) is 6.83. The molecule has 2 rings (SSSR count). The highest BCUT2D eigenvalue weighted by Crippen LogP contribution is 2.17. The monoisotopic (exact) mass is 177 g/mol. The number of terminal acetylenes is 1. The van der Waals surface area contributed by atoms with E-state index in [1.807, 2.05) is 30.3 Å². The van der Waals surface area contributed by atoms with Gasteiger partial charge in [-0.05, 0) is 35.0 Å². The molecule has 0 saturated heterocycles. The molecule has 0 heterocycles. The average Bonchev–Trinajstić information content (AvgIpc) is 2.27. The molecule has 0 aromatic heterocycles. The van der Waals surface area contributed by atoms with Crippen LogP contribution in [-0.4, -0.2) is 0 Å². The number of benzene rings is 2. The van der Waals surface area contributed by atoms with Gasteiger partial charge in [0.2, 0.25) is 0 Å². The lowest BCUT2D eigenvalue weighted by molar-refractivity contribution is 1.50. The van der Waals surface area contributed by atoms with Crippen LogP contribution in [0.5, 0.6) is 0 Å². The fraction of sp³-hybridized carbons (Fsp3) is 0. The van der Waals surface area contributed by atoms with E-state index in [1.165, 1.54) is 0 Å². The van der Waals surface area contributed by atoms with Gasteiger partial charge in [-0.1, -0.05) is 18.1 Å². The van der Waals surface area contributed by atoms with Gasteiger partial charge >= 0.3 is 0 Å². The fourth-order valence-electron chi connectivity index (χ4n) is 1.41. The Hall–Kier alpha value is -2.25. The van der Waals surface area contributed by atoms with Gasteiger partial charge in [0.05, 0.1) is 11.6 Å². The second-order valence-electron chi connectivity index (χ2n) is 3.03. The summed E-state index contributed by atoms with van der Waals surface area (Å²) in [4.78, 5) is 0. The van der Waals surface area contributed by atoms with Crippen molar-refractivity contribution >= 4 is 10.8 Å². The molecule has 0 fully saturated rings. The van der Waals surface area contributed by atoms with Crippen LogP contribution in [0.2, 0.25) is 0 Å². The summed E-state index contributed by atoms with van der Waals surface area (Å²) in [6.07, 6.45) is 5.29. The maximum absolute atomic E-state index is 8.72. The summed E-state index contributed by atoms with van der Waals surface area (Å²) in [5.74, 6) is 2.58. The van der Waals surface area contributed by atoms with E-state index in [1.54, 1.807) is 6.07 Å². The van der Waals surface area contributed by atoms with Crippen LogP contribution in [0.25, 0.3) is 10.8 Å². The lowest BCUT2D eigenvalue weighted by Crippen LogP contribution is -1.78. The van der Waals surface area contributed by atoms with E-state index < -0.39 is 0 Å². The molecular formula is C13H7N. The van der Waals surface area contributed by atoms with Crippen LogP contribution in [0, 0.1) is 23.7 Å². The van der Waals surface area contributed by atoms with Gasteiger partial charge in [-0.25, -0.2) is 0 Å². The van der Waals surface area contributed by atoms with Crippen LogP contribution >= 0.6 is 0 Å².